The van der Waals surface area contributed by atoms with E-state index in [1.165, 1.54) is 6.92 Å². The molecule has 0 saturated heterocycles. The zero-order valence-corrected chi connectivity index (χ0v) is 15.8. The average Bonchev–Trinajstić information content (AvgIpc) is 2.60. The van der Waals surface area contributed by atoms with Gasteiger partial charge in [-0.3, -0.25) is 19.2 Å². The molecule has 2 N–H and O–H groups in total. The minimum atomic E-state index is -1.49. The molecule has 0 heterocycles. The van der Waals surface area contributed by atoms with Gasteiger partial charge in [-0.15, -0.1) is 0 Å². The van der Waals surface area contributed by atoms with Gasteiger partial charge in [0.25, 0.3) is 0 Å². The summed E-state index contributed by atoms with van der Waals surface area (Å²) in [7, 11) is 3.27. The first kappa shape index (κ1) is 23.4. The molecule has 3 atom stereocenters. The molecule has 0 bridgehead atoms. The third-order valence-electron chi connectivity index (χ3n) is 3.58. The summed E-state index contributed by atoms with van der Waals surface area (Å²) >= 11 is 0. The molecule has 0 aliphatic heterocycles. The lowest BCUT2D eigenvalue weighted by Crippen LogP contribution is -2.56. The molecule has 10 nitrogen and oxygen atoms in total. The van der Waals surface area contributed by atoms with Gasteiger partial charge in [0.1, 0.15) is 12.1 Å². The van der Waals surface area contributed by atoms with Crippen molar-refractivity contribution in [2.45, 2.75) is 39.3 Å². The highest BCUT2D eigenvalue weighted by molar-refractivity contribution is 5.93. The first-order valence-corrected chi connectivity index (χ1v) is 7.88. The Balaban J connectivity index is 5.65. The molecule has 0 saturated carbocycles. The minimum absolute atomic E-state index is 0.297. The molecule has 0 radical (unpaired) electrons. The first-order chi connectivity index (χ1) is 12.1. The van der Waals surface area contributed by atoms with Gasteiger partial charge in [-0.1, -0.05) is 13.8 Å². The molecule has 2 amide bonds. The number of methoxy groups -OCH3 is 3. The molecule has 148 valence electrons. The highest BCUT2D eigenvalue weighted by Crippen LogP contribution is 2.15. The topological polar surface area (TPSA) is 137 Å². The fraction of sp³-hybridized carbons (Fsp3) is 0.688. The van der Waals surface area contributed by atoms with Gasteiger partial charge in [0, 0.05) is 6.92 Å². The Morgan fingerprint density at radius 3 is 1.73 bits per heavy atom. The van der Waals surface area contributed by atoms with Crippen LogP contribution in [0.5, 0.6) is 0 Å². The number of hydrogen-bond donors (Lipinski definition) is 2. The summed E-state index contributed by atoms with van der Waals surface area (Å²) < 4.78 is 13.8. The predicted molar refractivity (Wildman–Crippen MR) is 88.5 cm³/mol. The summed E-state index contributed by atoms with van der Waals surface area (Å²) in [6, 6.07) is -2.44. The maximum absolute atomic E-state index is 12.5. The highest BCUT2D eigenvalue weighted by Gasteiger charge is 2.40. The van der Waals surface area contributed by atoms with Crippen molar-refractivity contribution >= 4 is 29.7 Å². The number of nitrogens with one attached hydrogen (secondary N) is 2. The number of esters is 3. The van der Waals surface area contributed by atoms with Gasteiger partial charge in [0.2, 0.25) is 11.8 Å². The quantitative estimate of drug-likeness (QED) is 0.394. The first-order valence-electron chi connectivity index (χ1n) is 7.88. The van der Waals surface area contributed by atoms with E-state index in [-0.39, 0.29) is 5.92 Å². The van der Waals surface area contributed by atoms with Crippen molar-refractivity contribution in [1.82, 2.24) is 10.6 Å². The van der Waals surface area contributed by atoms with Crippen LogP contribution in [0.25, 0.3) is 0 Å². The Hall–Kier alpha value is -2.65. The molecule has 10 heteroatoms. The number of carbonyl (C=O) groups excluding carboxylic acids is 5. The zero-order valence-electron chi connectivity index (χ0n) is 15.8. The van der Waals surface area contributed by atoms with Gasteiger partial charge in [0.05, 0.1) is 33.7 Å². The van der Waals surface area contributed by atoms with E-state index in [0.29, 0.717) is 0 Å². The second kappa shape index (κ2) is 11.1. The van der Waals surface area contributed by atoms with E-state index in [1.54, 1.807) is 13.8 Å². The number of ether oxygens (including phenoxy) is 3. The van der Waals surface area contributed by atoms with Crippen molar-refractivity contribution in [3.05, 3.63) is 0 Å². The van der Waals surface area contributed by atoms with Crippen molar-refractivity contribution in [3.8, 4) is 0 Å². The number of rotatable bonds is 9. The van der Waals surface area contributed by atoms with Crippen LogP contribution in [-0.2, 0) is 38.2 Å². The molecule has 0 aromatic heterocycles. The second-order valence-electron chi connectivity index (χ2n) is 5.84. The van der Waals surface area contributed by atoms with Crippen LogP contribution in [0.3, 0.4) is 0 Å². The Morgan fingerprint density at radius 1 is 0.808 bits per heavy atom. The minimum Gasteiger partial charge on any atom is -0.469 e. The predicted octanol–water partition coefficient (Wildman–Crippen LogP) is -0.843. The normalized spacial score (nSPS) is 13.8. The van der Waals surface area contributed by atoms with Crippen LogP contribution < -0.4 is 10.6 Å². The maximum Gasteiger partial charge on any atom is 0.329 e. The van der Waals surface area contributed by atoms with Crippen LogP contribution in [0, 0.1) is 11.8 Å². The summed E-state index contributed by atoms with van der Waals surface area (Å²) in [5.74, 6) is -5.40. The smallest absolute Gasteiger partial charge is 0.329 e. The fourth-order valence-electron chi connectivity index (χ4n) is 2.20. The number of hydrogen-bond acceptors (Lipinski definition) is 8. The highest BCUT2D eigenvalue weighted by atomic mass is 16.5. The van der Waals surface area contributed by atoms with Crippen molar-refractivity contribution in [1.29, 1.82) is 0 Å². The molecule has 0 unspecified atom stereocenters. The molecule has 0 aliphatic rings. The lowest BCUT2D eigenvalue weighted by Gasteiger charge is -2.27. The van der Waals surface area contributed by atoms with Crippen molar-refractivity contribution in [3.63, 3.8) is 0 Å². The lowest BCUT2D eigenvalue weighted by atomic mass is 9.94. The molecular weight excluding hydrogens is 348 g/mol. The van der Waals surface area contributed by atoms with Gasteiger partial charge < -0.3 is 24.8 Å². The number of carbonyl (C=O) groups is 5. The molecular formula is C16H26N2O8. The Labute approximate surface area is 151 Å². The van der Waals surface area contributed by atoms with Crippen LogP contribution in [-0.4, -0.2) is 63.1 Å². The monoisotopic (exact) mass is 374 g/mol. The summed E-state index contributed by atoms with van der Waals surface area (Å²) in [5, 5.41) is 4.83. The van der Waals surface area contributed by atoms with E-state index >= 15 is 0 Å². The second-order valence-corrected chi connectivity index (χ2v) is 5.84. The van der Waals surface area contributed by atoms with Crippen LogP contribution >= 0.6 is 0 Å². The SMILES string of the molecule is COC(=O)C[C@@H](C(=O)OC)[C@H](NC(=O)[C@H](NC(C)=O)C(C)C)C(=O)OC. The van der Waals surface area contributed by atoms with Crippen LogP contribution in [0.1, 0.15) is 27.2 Å². The van der Waals surface area contributed by atoms with Crippen LogP contribution in [0.2, 0.25) is 0 Å². The molecule has 0 fully saturated rings. The fourth-order valence-corrected chi connectivity index (χ4v) is 2.20. The standard InChI is InChI=1S/C16H26N2O8/c1-8(2)12(17-9(3)19)14(21)18-13(16(23)26-6)10(15(22)25-5)7-11(20)24-4/h8,10,12-13H,7H2,1-6H3,(H,17,19)(H,18,21)/t10-,12-,13+/m1/s1. The van der Waals surface area contributed by atoms with Crippen molar-refractivity contribution in [2.75, 3.05) is 21.3 Å². The van der Waals surface area contributed by atoms with Crippen molar-refractivity contribution in [2.24, 2.45) is 11.8 Å². The third kappa shape index (κ3) is 7.08. The largest absolute Gasteiger partial charge is 0.469 e. The maximum atomic E-state index is 12.5. The molecule has 26 heavy (non-hydrogen) atoms. The molecule has 0 aromatic rings. The van der Waals surface area contributed by atoms with Gasteiger partial charge in [0.15, 0.2) is 0 Å². The molecule has 0 spiro atoms. The summed E-state index contributed by atoms with van der Waals surface area (Å²) in [5.41, 5.74) is 0. The van der Waals surface area contributed by atoms with E-state index < -0.39 is 54.1 Å². The lowest BCUT2D eigenvalue weighted by molar-refractivity contribution is -0.159. The number of amides is 2. The van der Waals surface area contributed by atoms with E-state index in [0.717, 1.165) is 21.3 Å². The van der Waals surface area contributed by atoms with Gasteiger partial charge in [-0.05, 0) is 5.92 Å². The van der Waals surface area contributed by atoms with E-state index in [2.05, 4.69) is 24.8 Å². The Bertz CT molecular complexity index is 546. The molecule has 0 aromatic carbocycles. The van der Waals surface area contributed by atoms with Gasteiger partial charge in [-0.25, -0.2) is 4.79 Å². The summed E-state index contributed by atoms with van der Waals surface area (Å²) in [6.07, 6.45) is -0.504. The van der Waals surface area contributed by atoms with Gasteiger partial charge in [-0.2, -0.15) is 0 Å². The zero-order chi connectivity index (χ0) is 20.4. The van der Waals surface area contributed by atoms with E-state index in [4.69, 9.17) is 0 Å². The van der Waals surface area contributed by atoms with Crippen LogP contribution in [0.4, 0.5) is 0 Å². The van der Waals surface area contributed by atoms with Gasteiger partial charge >= 0.3 is 17.9 Å². The average molecular weight is 374 g/mol. The van der Waals surface area contributed by atoms with E-state index in [1.807, 2.05) is 0 Å². The Morgan fingerprint density at radius 2 is 1.35 bits per heavy atom. The third-order valence-corrected chi connectivity index (χ3v) is 3.58. The molecule has 0 aliphatic carbocycles. The summed E-state index contributed by atoms with van der Waals surface area (Å²) in [6.45, 7) is 4.63. The van der Waals surface area contributed by atoms with Crippen molar-refractivity contribution < 1.29 is 38.2 Å². The van der Waals surface area contributed by atoms with E-state index in [9.17, 15) is 24.0 Å². The van der Waals surface area contributed by atoms with Crippen LogP contribution in [0.15, 0.2) is 0 Å². The molecule has 0 rings (SSSR count). The Kier molecular flexibility index (Phi) is 9.93. The summed E-state index contributed by atoms with van der Waals surface area (Å²) in [4.78, 5) is 59.5.